The molecular formula is C20H23FN2O2. The van der Waals surface area contributed by atoms with Gasteiger partial charge in [0, 0.05) is 25.3 Å². The monoisotopic (exact) mass is 342 g/mol. The molecule has 0 spiro atoms. The van der Waals surface area contributed by atoms with E-state index < -0.39 is 6.10 Å². The first kappa shape index (κ1) is 17.3. The van der Waals surface area contributed by atoms with E-state index in [1.165, 1.54) is 42.8 Å². The van der Waals surface area contributed by atoms with Gasteiger partial charge in [0.15, 0.2) is 6.10 Å². The Morgan fingerprint density at radius 1 is 1.12 bits per heavy atom. The first-order chi connectivity index (χ1) is 12.1. The summed E-state index contributed by atoms with van der Waals surface area (Å²) in [5.74, 6) is -0.0613. The van der Waals surface area contributed by atoms with Crippen LogP contribution in [0, 0.1) is 5.82 Å². The van der Waals surface area contributed by atoms with Gasteiger partial charge >= 0.3 is 0 Å². The molecule has 0 radical (unpaired) electrons. The van der Waals surface area contributed by atoms with Gasteiger partial charge in [-0.3, -0.25) is 4.79 Å². The van der Waals surface area contributed by atoms with E-state index in [1.807, 2.05) is 12.1 Å². The third-order valence-electron chi connectivity index (χ3n) is 4.37. The van der Waals surface area contributed by atoms with Gasteiger partial charge in [0.1, 0.15) is 11.6 Å². The maximum atomic E-state index is 12.9. The molecule has 4 nitrogen and oxygen atoms in total. The van der Waals surface area contributed by atoms with Crippen molar-refractivity contribution in [3.8, 4) is 5.75 Å². The summed E-state index contributed by atoms with van der Waals surface area (Å²) in [6, 6.07) is 13.9. The van der Waals surface area contributed by atoms with Crippen molar-refractivity contribution in [2.45, 2.75) is 32.4 Å². The second-order valence-electron chi connectivity index (χ2n) is 6.29. The molecule has 5 heteroatoms. The van der Waals surface area contributed by atoms with E-state index >= 15 is 0 Å². The molecule has 0 aromatic heterocycles. The second-order valence-corrected chi connectivity index (χ2v) is 6.29. The molecular weight excluding hydrogens is 319 g/mol. The molecule has 1 atom stereocenters. The fraction of sp³-hybridized carbons (Fsp3) is 0.350. The van der Waals surface area contributed by atoms with Gasteiger partial charge in [-0.15, -0.1) is 0 Å². The summed E-state index contributed by atoms with van der Waals surface area (Å²) < 4.78 is 18.4. The highest BCUT2D eigenvalue weighted by Gasteiger charge is 2.15. The van der Waals surface area contributed by atoms with Crippen LogP contribution >= 0.6 is 0 Å². The standard InChI is InChI=1S/C20H23FN2O2/c1-15(25-19-10-6-17(21)7-11-19)20(24)22-14-16-4-8-18(9-5-16)23-12-2-3-13-23/h4-11,15H,2-3,12-14H2,1H3,(H,22,24)/t15-/m0/s1. The summed E-state index contributed by atoms with van der Waals surface area (Å²) in [5.41, 5.74) is 2.28. The molecule has 1 heterocycles. The lowest BCUT2D eigenvalue weighted by atomic mass is 10.2. The van der Waals surface area contributed by atoms with E-state index in [9.17, 15) is 9.18 Å². The van der Waals surface area contributed by atoms with Crippen LogP contribution in [0.2, 0.25) is 0 Å². The van der Waals surface area contributed by atoms with Crippen LogP contribution in [0.1, 0.15) is 25.3 Å². The minimum atomic E-state index is -0.644. The minimum Gasteiger partial charge on any atom is -0.481 e. The number of halogens is 1. The number of hydrogen-bond donors (Lipinski definition) is 1. The molecule has 0 saturated carbocycles. The number of amides is 1. The SMILES string of the molecule is C[C@H](Oc1ccc(F)cc1)C(=O)NCc1ccc(N2CCCC2)cc1. The topological polar surface area (TPSA) is 41.6 Å². The summed E-state index contributed by atoms with van der Waals surface area (Å²) in [4.78, 5) is 14.5. The molecule has 2 aromatic carbocycles. The van der Waals surface area contributed by atoms with E-state index in [2.05, 4.69) is 22.3 Å². The lowest BCUT2D eigenvalue weighted by Crippen LogP contribution is -2.35. The Bertz CT molecular complexity index is 695. The van der Waals surface area contributed by atoms with E-state index in [4.69, 9.17) is 4.74 Å². The zero-order valence-corrected chi connectivity index (χ0v) is 14.4. The molecule has 1 aliphatic heterocycles. The molecule has 0 bridgehead atoms. The van der Waals surface area contributed by atoms with E-state index in [0.29, 0.717) is 12.3 Å². The molecule has 2 aromatic rings. The summed E-state index contributed by atoms with van der Waals surface area (Å²) in [6.45, 7) is 4.37. The largest absolute Gasteiger partial charge is 0.481 e. The van der Waals surface area contributed by atoms with E-state index in [-0.39, 0.29) is 11.7 Å². The Morgan fingerprint density at radius 2 is 1.76 bits per heavy atom. The molecule has 1 aliphatic rings. The molecule has 3 rings (SSSR count). The van der Waals surface area contributed by atoms with Crippen molar-refractivity contribution in [2.24, 2.45) is 0 Å². The van der Waals surface area contributed by atoms with Gasteiger partial charge in [0.25, 0.3) is 5.91 Å². The molecule has 0 aliphatic carbocycles. The number of nitrogens with zero attached hydrogens (tertiary/aromatic N) is 1. The van der Waals surface area contributed by atoms with Crippen LogP contribution in [-0.2, 0) is 11.3 Å². The summed E-state index contributed by atoms with van der Waals surface area (Å²) in [5, 5.41) is 2.87. The Hall–Kier alpha value is -2.56. The number of carbonyl (C=O) groups excluding carboxylic acids is 1. The third-order valence-corrected chi connectivity index (χ3v) is 4.37. The Kier molecular flexibility index (Phi) is 5.53. The van der Waals surface area contributed by atoms with Crippen molar-refractivity contribution in [1.82, 2.24) is 5.32 Å². The number of nitrogens with one attached hydrogen (secondary N) is 1. The van der Waals surface area contributed by atoms with E-state index in [0.717, 1.165) is 18.7 Å². The van der Waals surface area contributed by atoms with Crippen molar-refractivity contribution in [3.05, 3.63) is 59.9 Å². The fourth-order valence-corrected chi connectivity index (χ4v) is 2.90. The number of anilines is 1. The maximum Gasteiger partial charge on any atom is 0.261 e. The van der Waals surface area contributed by atoms with E-state index in [1.54, 1.807) is 6.92 Å². The first-order valence-corrected chi connectivity index (χ1v) is 8.65. The summed E-state index contributed by atoms with van der Waals surface area (Å²) >= 11 is 0. The van der Waals surface area contributed by atoms with Gasteiger partial charge in [-0.2, -0.15) is 0 Å². The van der Waals surface area contributed by atoms with Crippen LogP contribution in [0.4, 0.5) is 10.1 Å². The Balaban J connectivity index is 1.48. The third kappa shape index (κ3) is 4.72. The van der Waals surface area contributed by atoms with Gasteiger partial charge in [-0.25, -0.2) is 4.39 Å². The number of ether oxygens (including phenoxy) is 1. The quantitative estimate of drug-likeness (QED) is 0.873. The average Bonchev–Trinajstić information content (AvgIpc) is 3.16. The lowest BCUT2D eigenvalue weighted by molar-refractivity contribution is -0.127. The first-order valence-electron chi connectivity index (χ1n) is 8.65. The smallest absolute Gasteiger partial charge is 0.261 e. The molecule has 1 saturated heterocycles. The van der Waals surface area contributed by atoms with Crippen LogP contribution in [-0.4, -0.2) is 25.1 Å². The molecule has 25 heavy (non-hydrogen) atoms. The van der Waals surface area contributed by atoms with Crippen molar-refractivity contribution in [3.63, 3.8) is 0 Å². The molecule has 132 valence electrons. The maximum absolute atomic E-state index is 12.9. The molecule has 0 unspecified atom stereocenters. The van der Waals surface area contributed by atoms with Gasteiger partial charge in [0.2, 0.25) is 0 Å². The molecule has 1 fully saturated rings. The number of benzene rings is 2. The normalized spacial score (nSPS) is 15.0. The lowest BCUT2D eigenvalue weighted by Gasteiger charge is -2.18. The second kappa shape index (κ2) is 8.01. The summed E-state index contributed by atoms with van der Waals surface area (Å²) in [7, 11) is 0. The van der Waals surface area contributed by atoms with Crippen LogP contribution < -0.4 is 15.0 Å². The fourth-order valence-electron chi connectivity index (χ4n) is 2.90. The Labute approximate surface area is 147 Å². The predicted molar refractivity (Wildman–Crippen MR) is 96.2 cm³/mol. The summed E-state index contributed by atoms with van der Waals surface area (Å²) in [6.07, 6.45) is 1.86. The molecule has 1 amide bonds. The number of carbonyl (C=O) groups is 1. The van der Waals surface area contributed by atoms with Crippen molar-refractivity contribution < 1.29 is 13.9 Å². The van der Waals surface area contributed by atoms with Crippen LogP contribution in [0.5, 0.6) is 5.75 Å². The predicted octanol–water partition coefficient (Wildman–Crippen LogP) is 3.51. The number of hydrogen-bond acceptors (Lipinski definition) is 3. The van der Waals surface area contributed by atoms with Crippen LogP contribution in [0.3, 0.4) is 0 Å². The zero-order valence-electron chi connectivity index (χ0n) is 14.4. The van der Waals surface area contributed by atoms with Gasteiger partial charge in [-0.05, 0) is 61.7 Å². The average molecular weight is 342 g/mol. The van der Waals surface area contributed by atoms with Crippen molar-refractivity contribution >= 4 is 11.6 Å². The van der Waals surface area contributed by atoms with Gasteiger partial charge < -0.3 is 15.0 Å². The van der Waals surface area contributed by atoms with Crippen molar-refractivity contribution in [1.29, 1.82) is 0 Å². The number of rotatable bonds is 6. The zero-order chi connectivity index (χ0) is 17.6. The van der Waals surface area contributed by atoms with Gasteiger partial charge in [0.05, 0.1) is 0 Å². The van der Waals surface area contributed by atoms with Crippen LogP contribution in [0.25, 0.3) is 0 Å². The highest BCUT2D eigenvalue weighted by atomic mass is 19.1. The van der Waals surface area contributed by atoms with Crippen molar-refractivity contribution in [2.75, 3.05) is 18.0 Å². The molecule has 1 N–H and O–H groups in total. The minimum absolute atomic E-state index is 0.201. The highest BCUT2D eigenvalue weighted by molar-refractivity contribution is 5.80. The van der Waals surface area contributed by atoms with Gasteiger partial charge in [-0.1, -0.05) is 12.1 Å². The van der Waals surface area contributed by atoms with Crippen LogP contribution in [0.15, 0.2) is 48.5 Å². The highest BCUT2D eigenvalue weighted by Crippen LogP contribution is 2.20. The Morgan fingerprint density at radius 3 is 2.40 bits per heavy atom.